The van der Waals surface area contributed by atoms with Crippen molar-refractivity contribution in [2.75, 3.05) is 0 Å². The molecule has 0 aromatic carbocycles. The molecule has 0 aliphatic heterocycles. The van der Waals surface area contributed by atoms with Gasteiger partial charge in [0.15, 0.2) is 0 Å². The highest BCUT2D eigenvalue weighted by atomic mass is 32.3. The SMILES string of the molecule is O=S(=O)(OS(=O)(=O)C(F)(F)F)n1ccnc1. The van der Waals surface area contributed by atoms with Crippen LogP contribution < -0.4 is 0 Å². The lowest BCUT2D eigenvalue weighted by molar-refractivity contribution is -0.0498. The Bertz CT molecular complexity index is 557. The molecule has 0 unspecified atom stereocenters. The van der Waals surface area contributed by atoms with Crippen LogP contribution in [0.1, 0.15) is 0 Å². The molecule has 0 saturated heterocycles. The summed E-state index contributed by atoms with van der Waals surface area (Å²) in [4.78, 5) is 3.21. The highest BCUT2D eigenvalue weighted by Gasteiger charge is 2.50. The van der Waals surface area contributed by atoms with Crippen molar-refractivity contribution < 1.29 is 33.6 Å². The topological polar surface area (TPSA) is 95.3 Å². The molecule has 0 aliphatic carbocycles. The molecule has 7 nitrogen and oxygen atoms in total. The average molecular weight is 280 g/mol. The van der Waals surface area contributed by atoms with Crippen LogP contribution in [0.4, 0.5) is 13.2 Å². The van der Waals surface area contributed by atoms with Crippen molar-refractivity contribution in [3.8, 4) is 0 Å². The maximum Gasteiger partial charge on any atom is 0.524 e. The Morgan fingerprint density at radius 2 is 1.75 bits per heavy atom. The van der Waals surface area contributed by atoms with Crippen LogP contribution in [0.25, 0.3) is 0 Å². The summed E-state index contributed by atoms with van der Waals surface area (Å²) in [7, 11) is -11.3. The first-order chi connectivity index (χ1) is 7.06. The van der Waals surface area contributed by atoms with Crippen LogP contribution in [-0.2, 0) is 24.1 Å². The molecule has 12 heteroatoms. The molecule has 0 bridgehead atoms. The maximum absolute atomic E-state index is 11.8. The first-order valence-corrected chi connectivity index (χ1v) is 6.09. The van der Waals surface area contributed by atoms with E-state index in [1.807, 2.05) is 0 Å². The van der Waals surface area contributed by atoms with Gasteiger partial charge < -0.3 is 0 Å². The molecule has 0 atom stereocenters. The van der Waals surface area contributed by atoms with E-state index in [4.69, 9.17) is 0 Å². The van der Waals surface area contributed by atoms with E-state index in [0.717, 1.165) is 6.20 Å². The molecule has 0 aliphatic rings. The van der Waals surface area contributed by atoms with Crippen LogP contribution in [0.5, 0.6) is 0 Å². The lowest BCUT2D eigenvalue weighted by Crippen LogP contribution is -2.30. The van der Waals surface area contributed by atoms with Gasteiger partial charge in [-0.15, -0.1) is 3.63 Å². The third-order valence-electron chi connectivity index (χ3n) is 1.20. The third kappa shape index (κ3) is 2.51. The quantitative estimate of drug-likeness (QED) is 0.714. The van der Waals surface area contributed by atoms with E-state index in [-0.39, 0.29) is 3.97 Å². The fourth-order valence-corrected chi connectivity index (χ4v) is 2.43. The monoisotopic (exact) mass is 280 g/mol. The standard InChI is InChI=1S/C4H3F3N2O5S2/c5-4(6,7)15(10,11)14-16(12,13)9-2-1-8-3-9/h1-3H. The number of hydrogen-bond donors (Lipinski definition) is 0. The van der Waals surface area contributed by atoms with Gasteiger partial charge in [0, 0.05) is 12.4 Å². The summed E-state index contributed by atoms with van der Waals surface area (Å²) in [6.45, 7) is 0. The van der Waals surface area contributed by atoms with Gasteiger partial charge in [-0.3, -0.25) is 0 Å². The van der Waals surface area contributed by atoms with E-state index in [1.54, 1.807) is 0 Å². The molecular weight excluding hydrogens is 277 g/mol. The largest absolute Gasteiger partial charge is 0.524 e. The molecule has 0 spiro atoms. The summed E-state index contributed by atoms with van der Waals surface area (Å²) >= 11 is 0. The Kier molecular flexibility index (Phi) is 3.00. The summed E-state index contributed by atoms with van der Waals surface area (Å²) in [5.41, 5.74) is -5.82. The van der Waals surface area contributed by atoms with Crippen molar-refractivity contribution in [1.29, 1.82) is 0 Å². The molecule has 16 heavy (non-hydrogen) atoms. The second-order valence-electron chi connectivity index (χ2n) is 2.32. The van der Waals surface area contributed by atoms with E-state index < -0.39 is 25.9 Å². The zero-order valence-corrected chi connectivity index (χ0v) is 8.75. The van der Waals surface area contributed by atoms with Crippen molar-refractivity contribution in [2.45, 2.75) is 5.51 Å². The van der Waals surface area contributed by atoms with E-state index in [2.05, 4.69) is 8.61 Å². The molecule has 1 rings (SSSR count). The summed E-state index contributed by atoms with van der Waals surface area (Å²) < 4.78 is 81.3. The minimum atomic E-state index is -6.22. The van der Waals surface area contributed by atoms with E-state index in [9.17, 15) is 30.0 Å². The molecular formula is C4H3F3N2O5S2. The Morgan fingerprint density at radius 1 is 1.19 bits per heavy atom. The van der Waals surface area contributed by atoms with Crippen LogP contribution in [0.2, 0.25) is 0 Å². The molecule has 1 aromatic heterocycles. The highest BCUT2D eigenvalue weighted by molar-refractivity contribution is 7.99. The second kappa shape index (κ2) is 3.71. The Labute approximate surface area is 87.8 Å². The van der Waals surface area contributed by atoms with E-state index in [1.165, 1.54) is 0 Å². The van der Waals surface area contributed by atoms with Crippen LogP contribution in [-0.4, -0.2) is 31.3 Å². The summed E-state index contributed by atoms with van der Waals surface area (Å²) in [5, 5.41) is 0. The van der Waals surface area contributed by atoms with Gasteiger partial charge in [0.2, 0.25) is 0 Å². The van der Waals surface area contributed by atoms with E-state index >= 15 is 0 Å². The highest BCUT2D eigenvalue weighted by Crippen LogP contribution is 2.26. The Balaban J connectivity index is 3.10. The number of aromatic nitrogens is 2. The van der Waals surface area contributed by atoms with Gasteiger partial charge in [0.1, 0.15) is 6.33 Å². The second-order valence-corrected chi connectivity index (χ2v) is 5.51. The summed E-state index contributed by atoms with van der Waals surface area (Å²) in [5.74, 6) is 0. The van der Waals surface area contributed by atoms with Crippen LogP contribution in [0, 0.1) is 0 Å². The molecule has 1 aromatic rings. The lowest BCUT2D eigenvalue weighted by Gasteiger charge is -2.08. The number of nitrogens with zero attached hydrogens (tertiary/aromatic N) is 2. The third-order valence-corrected chi connectivity index (χ3v) is 3.90. The van der Waals surface area contributed by atoms with Crippen LogP contribution in [0.3, 0.4) is 0 Å². The van der Waals surface area contributed by atoms with Gasteiger partial charge >= 0.3 is 25.9 Å². The van der Waals surface area contributed by atoms with Crippen molar-refractivity contribution >= 4 is 20.4 Å². The van der Waals surface area contributed by atoms with Gasteiger partial charge in [0.05, 0.1) is 0 Å². The van der Waals surface area contributed by atoms with Crippen molar-refractivity contribution in [1.82, 2.24) is 8.96 Å². The zero-order chi connectivity index (χ0) is 12.6. The number of halogens is 3. The number of alkyl halides is 3. The molecule has 0 radical (unpaired) electrons. The normalized spacial score (nSPS) is 13.9. The smallest absolute Gasteiger partial charge is 0.244 e. The van der Waals surface area contributed by atoms with Gasteiger partial charge in [-0.25, -0.2) is 8.96 Å². The van der Waals surface area contributed by atoms with Gasteiger partial charge in [-0.05, 0) is 0 Å². The van der Waals surface area contributed by atoms with E-state index in [0.29, 0.717) is 12.5 Å². The minimum Gasteiger partial charge on any atom is -0.244 e. The number of imidazole rings is 1. The van der Waals surface area contributed by atoms with Crippen molar-refractivity contribution in [2.24, 2.45) is 0 Å². The molecule has 0 saturated carbocycles. The molecule has 0 amide bonds. The predicted molar refractivity (Wildman–Crippen MR) is 42.6 cm³/mol. The average Bonchev–Trinajstić information content (AvgIpc) is 2.50. The van der Waals surface area contributed by atoms with Crippen molar-refractivity contribution in [3.63, 3.8) is 0 Å². The van der Waals surface area contributed by atoms with Gasteiger partial charge in [0.25, 0.3) is 0 Å². The van der Waals surface area contributed by atoms with Crippen LogP contribution >= 0.6 is 0 Å². The molecule has 0 fully saturated rings. The molecule has 0 N–H and O–H groups in total. The molecule has 92 valence electrons. The minimum absolute atomic E-state index is 0.0797. The number of rotatable bonds is 3. The molecule has 1 heterocycles. The van der Waals surface area contributed by atoms with Crippen molar-refractivity contribution in [3.05, 3.63) is 18.7 Å². The first kappa shape index (κ1) is 12.9. The maximum atomic E-state index is 11.8. The van der Waals surface area contributed by atoms with Gasteiger partial charge in [-0.2, -0.15) is 30.0 Å². The lowest BCUT2D eigenvalue weighted by atomic mass is 11.0. The number of hydrogen-bond acceptors (Lipinski definition) is 6. The Morgan fingerprint density at radius 3 is 2.12 bits per heavy atom. The summed E-state index contributed by atoms with van der Waals surface area (Å²) in [6.07, 6.45) is 2.20. The Hall–Kier alpha value is -1.14. The first-order valence-electron chi connectivity index (χ1n) is 3.32. The fourth-order valence-electron chi connectivity index (χ4n) is 0.566. The predicted octanol–water partition coefficient (Wildman–Crippen LogP) is -0.158. The van der Waals surface area contributed by atoms with Gasteiger partial charge in [-0.1, -0.05) is 0 Å². The zero-order valence-electron chi connectivity index (χ0n) is 7.12. The fraction of sp³-hybridized carbons (Fsp3) is 0.250. The summed E-state index contributed by atoms with van der Waals surface area (Å²) in [6, 6.07) is 0. The van der Waals surface area contributed by atoms with Crippen LogP contribution in [0.15, 0.2) is 18.7 Å².